The predicted molar refractivity (Wildman–Crippen MR) is 64.9 cm³/mol. The minimum absolute atomic E-state index is 0.0322. The van der Waals surface area contributed by atoms with Crippen molar-refractivity contribution in [1.29, 1.82) is 0 Å². The van der Waals surface area contributed by atoms with Crippen LogP contribution in [0, 0.1) is 6.92 Å². The van der Waals surface area contributed by atoms with Crippen LogP contribution in [0.3, 0.4) is 0 Å². The number of rotatable bonds is 4. The van der Waals surface area contributed by atoms with Gasteiger partial charge in [-0.2, -0.15) is 5.10 Å². The van der Waals surface area contributed by atoms with Crippen molar-refractivity contribution < 1.29 is 0 Å². The molecule has 1 unspecified atom stereocenters. The summed E-state index contributed by atoms with van der Waals surface area (Å²) in [6.07, 6.45) is 6.31. The zero-order valence-electron chi connectivity index (χ0n) is 10.4. The normalized spacial score (nSPS) is 12.9. The Morgan fingerprint density at radius 3 is 2.71 bits per heavy atom. The van der Waals surface area contributed by atoms with Crippen molar-refractivity contribution in [3.05, 3.63) is 35.7 Å². The topological polar surface area (TPSA) is 73.7 Å². The first-order valence-electron chi connectivity index (χ1n) is 5.54. The molecule has 0 fully saturated rings. The molecule has 0 saturated heterocycles. The predicted octanol–water partition coefficient (Wildman–Crippen LogP) is 0.209. The fraction of sp³-hybridized carbons (Fsp3) is 0.455. The number of hydrogen-bond donors (Lipinski definition) is 2. The zero-order chi connectivity index (χ0) is 12.4. The third-order valence-corrected chi connectivity index (χ3v) is 3.16. The Hall–Kier alpha value is -1.66. The number of hydrogen-bond acceptors (Lipinski definition) is 4. The van der Waals surface area contributed by atoms with E-state index in [9.17, 15) is 0 Å². The van der Waals surface area contributed by atoms with Gasteiger partial charge in [-0.05, 0) is 6.92 Å². The Morgan fingerprint density at radius 2 is 2.24 bits per heavy atom. The number of nitrogens with one attached hydrogen (secondary N) is 1. The summed E-state index contributed by atoms with van der Waals surface area (Å²) in [6.45, 7) is 2.03. The van der Waals surface area contributed by atoms with Gasteiger partial charge in [-0.15, -0.1) is 0 Å². The minimum Gasteiger partial charge on any atom is -0.338 e. The summed E-state index contributed by atoms with van der Waals surface area (Å²) >= 11 is 0. The van der Waals surface area contributed by atoms with Crippen molar-refractivity contribution in [3.8, 4) is 0 Å². The van der Waals surface area contributed by atoms with Gasteiger partial charge in [-0.1, -0.05) is 0 Å². The second-order valence-corrected chi connectivity index (χ2v) is 4.19. The number of hydrazine groups is 1. The Morgan fingerprint density at radius 1 is 1.47 bits per heavy atom. The maximum absolute atomic E-state index is 5.63. The van der Waals surface area contributed by atoms with E-state index >= 15 is 0 Å². The first kappa shape index (κ1) is 11.8. The Balaban J connectivity index is 2.23. The third kappa shape index (κ3) is 2.22. The van der Waals surface area contributed by atoms with Crippen LogP contribution >= 0.6 is 0 Å². The molecule has 0 spiro atoms. The molecule has 2 aromatic rings. The maximum atomic E-state index is 5.63. The molecule has 0 aliphatic carbocycles. The van der Waals surface area contributed by atoms with Gasteiger partial charge in [0, 0.05) is 44.2 Å². The van der Waals surface area contributed by atoms with E-state index in [1.807, 2.05) is 42.7 Å². The van der Waals surface area contributed by atoms with Gasteiger partial charge in [-0.25, -0.2) is 4.98 Å². The molecule has 6 nitrogen and oxygen atoms in total. The number of aryl methyl sites for hydroxylation is 2. The van der Waals surface area contributed by atoms with Crippen molar-refractivity contribution >= 4 is 0 Å². The van der Waals surface area contributed by atoms with Crippen molar-refractivity contribution in [2.75, 3.05) is 0 Å². The average molecular weight is 234 g/mol. The quantitative estimate of drug-likeness (QED) is 0.586. The van der Waals surface area contributed by atoms with Gasteiger partial charge in [0.15, 0.2) is 0 Å². The SMILES string of the molecule is Cc1c(C(Cc2nccn2C)NN)cnn1C. The van der Waals surface area contributed by atoms with Gasteiger partial charge >= 0.3 is 0 Å². The first-order valence-corrected chi connectivity index (χ1v) is 5.54. The molecule has 2 rings (SSSR count). The van der Waals surface area contributed by atoms with Crippen molar-refractivity contribution in [1.82, 2.24) is 24.8 Å². The summed E-state index contributed by atoms with van der Waals surface area (Å²) in [4.78, 5) is 4.31. The molecule has 2 heterocycles. The lowest BCUT2D eigenvalue weighted by Gasteiger charge is -2.15. The molecule has 0 aliphatic rings. The second-order valence-electron chi connectivity index (χ2n) is 4.19. The van der Waals surface area contributed by atoms with E-state index in [1.54, 1.807) is 6.20 Å². The summed E-state index contributed by atoms with van der Waals surface area (Å²) < 4.78 is 3.84. The Kier molecular flexibility index (Phi) is 3.26. The van der Waals surface area contributed by atoms with Crippen LogP contribution in [0.5, 0.6) is 0 Å². The summed E-state index contributed by atoms with van der Waals surface area (Å²) in [5, 5.41) is 4.23. The molecule has 0 saturated carbocycles. The van der Waals surface area contributed by atoms with Crippen LogP contribution in [0.1, 0.15) is 23.1 Å². The highest BCUT2D eigenvalue weighted by Gasteiger charge is 2.17. The van der Waals surface area contributed by atoms with Crippen LogP contribution in [0.15, 0.2) is 18.6 Å². The van der Waals surface area contributed by atoms with Gasteiger partial charge in [0.1, 0.15) is 5.82 Å². The van der Waals surface area contributed by atoms with E-state index in [-0.39, 0.29) is 6.04 Å². The second kappa shape index (κ2) is 4.68. The van der Waals surface area contributed by atoms with Gasteiger partial charge in [0.25, 0.3) is 0 Å². The average Bonchev–Trinajstić information content (AvgIpc) is 2.85. The van der Waals surface area contributed by atoms with Gasteiger partial charge in [-0.3, -0.25) is 16.0 Å². The Bertz CT molecular complexity index is 498. The number of imidazole rings is 1. The van der Waals surface area contributed by atoms with Crippen LogP contribution in [-0.2, 0) is 20.5 Å². The van der Waals surface area contributed by atoms with E-state index in [0.717, 1.165) is 23.5 Å². The molecular formula is C11H18N6. The molecule has 0 aliphatic heterocycles. The zero-order valence-corrected chi connectivity index (χ0v) is 10.4. The van der Waals surface area contributed by atoms with Crippen LogP contribution in [-0.4, -0.2) is 19.3 Å². The molecule has 92 valence electrons. The summed E-state index contributed by atoms with van der Waals surface area (Å²) in [5.74, 6) is 6.62. The summed E-state index contributed by atoms with van der Waals surface area (Å²) in [5.41, 5.74) is 5.05. The maximum Gasteiger partial charge on any atom is 0.110 e. The molecule has 6 heteroatoms. The standard InChI is InChI=1S/C11H18N6/c1-8-9(7-14-17(8)3)10(15-12)6-11-13-4-5-16(11)2/h4-5,7,10,15H,6,12H2,1-3H3. The van der Waals surface area contributed by atoms with E-state index in [2.05, 4.69) is 15.5 Å². The third-order valence-electron chi connectivity index (χ3n) is 3.16. The van der Waals surface area contributed by atoms with Crippen LogP contribution in [0.25, 0.3) is 0 Å². The molecule has 2 aromatic heterocycles. The molecule has 1 atom stereocenters. The molecule has 3 N–H and O–H groups in total. The van der Waals surface area contributed by atoms with Crippen LogP contribution in [0.2, 0.25) is 0 Å². The van der Waals surface area contributed by atoms with Crippen molar-refractivity contribution in [2.45, 2.75) is 19.4 Å². The lowest BCUT2D eigenvalue weighted by molar-refractivity contribution is 0.527. The highest BCUT2D eigenvalue weighted by Crippen LogP contribution is 2.19. The lowest BCUT2D eigenvalue weighted by atomic mass is 10.1. The number of nitrogens with two attached hydrogens (primary N) is 1. The summed E-state index contributed by atoms with van der Waals surface area (Å²) in [7, 11) is 3.90. The number of aromatic nitrogens is 4. The van der Waals surface area contributed by atoms with Crippen LogP contribution in [0.4, 0.5) is 0 Å². The van der Waals surface area contributed by atoms with Gasteiger partial charge in [0.2, 0.25) is 0 Å². The Labute approximate surface area is 100 Å². The number of nitrogens with zero attached hydrogens (tertiary/aromatic N) is 4. The molecule has 0 bridgehead atoms. The molecule has 17 heavy (non-hydrogen) atoms. The minimum atomic E-state index is 0.0322. The molecular weight excluding hydrogens is 216 g/mol. The lowest BCUT2D eigenvalue weighted by Crippen LogP contribution is -2.30. The monoisotopic (exact) mass is 234 g/mol. The fourth-order valence-corrected chi connectivity index (χ4v) is 1.89. The molecule has 0 amide bonds. The highest BCUT2D eigenvalue weighted by molar-refractivity contribution is 5.21. The van der Waals surface area contributed by atoms with Gasteiger partial charge < -0.3 is 4.57 Å². The van der Waals surface area contributed by atoms with Crippen LogP contribution < -0.4 is 11.3 Å². The molecule has 0 aromatic carbocycles. The largest absolute Gasteiger partial charge is 0.338 e. The van der Waals surface area contributed by atoms with Crippen molar-refractivity contribution in [2.24, 2.45) is 19.9 Å². The smallest absolute Gasteiger partial charge is 0.110 e. The van der Waals surface area contributed by atoms with E-state index in [1.165, 1.54) is 0 Å². The highest BCUT2D eigenvalue weighted by atomic mass is 15.3. The van der Waals surface area contributed by atoms with Gasteiger partial charge in [0.05, 0.1) is 12.2 Å². The molecule has 0 radical (unpaired) electrons. The summed E-state index contributed by atoms with van der Waals surface area (Å²) in [6, 6.07) is 0.0322. The fourth-order valence-electron chi connectivity index (χ4n) is 1.89. The van der Waals surface area contributed by atoms with E-state index in [0.29, 0.717) is 0 Å². The van der Waals surface area contributed by atoms with E-state index < -0.39 is 0 Å². The van der Waals surface area contributed by atoms with E-state index in [4.69, 9.17) is 5.84 Å². The first-order chi connectivity index (χ1) is 8.13. The van der Waals surface area contributed by atoms with Crippen molar-refractivity contribution in [3.63, 3.8) is 0 Å².